The molecule has 0 radical (unpaired) electrons. The van der Waals surface area contributed by atoms with E-state index in [1.54, 1.807) is 13.2 Å². The van der Waals surface area contributed by atoms with Crippen LogP contribution in [0.5, 0.6) is 5.75 Å². The minimum atomic E-state index is -0.153. The molecular formula is C21H28N2O4. The van der Waals surface area contributed by atoms with E-state index < -0.39 is 0 Å². The molecule has 0 unspecified atom stereocenters. The van der Waals surface area contributed by atoms with Crippen molar-refractivity contribution in [2.24, 2.45) is 5.92 Å². The predicted octanol–water partition coefficient (Wildman–Crippen LogP) is 3.06. The molecule has 0 saturated carbocycles. The molecule has 27 heavy (non-hydrogen) atoms. The average molecular weight is 372 g/mol. The maximum absolute atomic E-state index is 12.5. The van der Waals surface area contributed by atoms with E-state index in [9.17, 15) is 4.79 Å². The fourth-order valence-corrected chi connectivity index (χ4v) is 4.21. The molecule has 2 fully saturated rings. The summed E-state index contributed by atoms with van der Waals surface area (Å²) in [5.74, 6) is 1.37. The number of fused-ring (bicyclic) bond motifs is 1. The Morgan fingerprint density at radius 1 is 1.22 bits per heavy atom. The second kappa shape index (κ2) is 8.31. The van der Waals surface area contributed by atoms with Crippen molar-refractivity contribution in [2.45, 2.75) is 31.7 Å². The number of rotatable bonds is 5. The standard InChI is InChI=1S/C21H28N2O4/c1-25-18-4-2-3-16-13-19(27-20(16)18)21(24)22-14-15-5-9-23(10-6-15)17-7-11-26-12-8-17/h2-4,13,15,17H,5-12,14H2,1H3,(H,22,24). The third-order valence-electron chi connectivity index (χ3n) is 5.86. The first kappa shape index (κ1) is 18.3. The van der Waals surface area contributed by atoms with Crippen molar-refractivity contribution >= 4 is 16.9 Å². The molecule has 146 valence electrons. The van der Waals surface area contributed by atoms with Gasteiger partial charge in [0.25, 0.3) is 5.91 Å². The smallest absolute Gasteiger partial charge is 0.287 e. The Bertz CT molecular complexity index is 774. The summed E-state index contributed by atoms with van der Waals surface area (Å²) in [7, 11) is 1.60. The third kappa shape index (κ3) is 4.12. The summed E-state index contributed by atoms with van der Waals surface area (Å²) in [5, 5.41) is 3.93. The molecule has 0 spiro atoms. The molecule has 6 nitrogen and oxygen atoms in total. The summed E-state index contributed by atoms with van der Waals surface area (Å²) in [5.41, 5.74) is 0.620. The Balaban J connectivity index is 1.28. The van der Waals surface area contributed by atoms with Crippen molar-refractivity contribution < 1.29 is 18.7 Å². The van der Waals surface area contributed by atoms with Crippen LogP contribution in [0.15, 0.2) is 28.7 Å². The van der Waals surface area contributed by atoms with Crippen LogP contribution < -0.4 is 10.1 Å². The number of hydrogen-bond acceptors (Lipinski definition) is 5. The molecule has 4 rings (SSSR count). The Morgan fingerprint density at radius 2 is 2.00 bits per heavy atom. The normalized spacial score (nSPS) is 20.0. The first-order valence-electron chi connectivity index (χ1n) is 9.91. The summed E-state index contributed by atoms with van der Waals surface area (Å²) in [6.07, 6.45) is 4.56. The van der Waals surface area contributed by atoms with Gasteiger partial charge in [-0.05, 0) is 56.8 Å². The lowest BCUT2D eigenvalue weighted by atomic mass is 9.94. The fourth-order valence-electron chi connectivity index (χ4n) is 4.21. The van der Waals surface area contributed by atoms with Gasteiger partial charge in [0.1, 0.15) is 0 Å². The Morgan fingerprint density at radius 3 is 2.74 bits per heavy atom. The lowest BCUT2D eigenvalue weighted by Gasteiger charge is -2.39. The number of nitrogens with one attached hydrogen (secondary N) is 1. The number of carbonyl (C=O) groups is 1. The second-order valence-corrected chi connectivity index (χ2v) is 7.52. The van der Waals surface area contributed by atoms with Crippen molar-refractivity contribution in [3.63, 3.8) is 0 Å². The molecule has 6 heteroatoms. The highest BCUT2D eigenvalue weighted by Gasteiger charge is 2.27. The number of nitrogens with zero attached hydrogens (tertiary/aromatic N) is 1. The molecule has 2 aliphatic rings. The molecule has 2 aliphatic heterocycles. The number of carbonyl (C=O) groups excluding carboxylic acids is 1. The molecule has 3 heterocycles. The van der Waals surface area contributed by atoms with Crippen LogP contribution in [0, 0.1) is 5.92 Å². The maximum Gasteiger partial charge on any atom is 0.287 e. The van der Waals surface area contributed by atoms with Gasteiger partial charge in [-0.15, -0.1) is 0 Å². The van der Waals surface area contributed by atoms with Crippen LogP contribution in [0.2, 0.25) is 0 Å². The second-order valence-electron chi connectivity index (χ2n) is 7.52. The minimum Gasteiger partial charge on any atom is -0.493 e. The van der Waals surface area contributed by atoms with E-state index >= 15 is 0 Å². The van der Waals surface area contributed by atoms with Crippen LogP contribution in [-0.4, -0.2) is 56.8 Å². The highest BCUT2D eigenvalue weighted by molar-refractivity contribution is 5.97. The first-order chi connectivity index (χ1) is 13.2. The third-order valence-corrected chi connectivity index (χ3v) is 5.86. The van der Waals surface area contributed by atoms with Gasteiger partial charge in [0.05, 0.1) is 7.11 Å². The minimum absolute atomic E-state index is 0.153. The molecule has 1 aromatic heterocycles. The molecule has 1 amide bonds. The van der Waals surface area contributed by atoms with Gasteiger partial charge >= 0.3 is 0 Å². The maximum atomic E-state index is 12.5. The summed E-state index contributed by atoms with van der Waals surface area (Å²) >= 11 is 0. The molecule has 0 aliphatic carbocycles. The summed E-state index contributed by atoms with van der Waals surface area (Å²) in [4.78, 5) is 15.1. The van der Waals surface area contributed by atoms with E-state index in [4.69, 9.17) is 13.9 Å². The number of para-hydroxylation sites is 1. The van der Waals surface area contributed by atoms with Gasteiger partial charge in [-0.2, -0.15) is 0 Å². The summed E-state index contributed by atoms with van der Waals surface area (Å²) in [6.45, 7) is 4.72. The topological polar surface area (TPSA) is 63.9 Å². The number of ether oxygens (including phenoxy) is 2. The Kier molecular flexibility index (Phi) is 5.64. The van der Waals surface area contributed by atoms with E-state index in [0.717, 1.165) is 57.4 Å². The number of likely N-dealkylation sites (tertiary alicyclic amines) is 1. The van der Waals surface area contributed by atoms with Crippen LogP contribution in [-0.2, 0) is 4.74 Å². The Hall–Kier alpha value is -2.05. The van der Waals surface area contributed by atoms with Crippen molar-refractivity contribution in [2.75, 3.05) is 40.0 Å². The van der Waals surface area contributed by atoms with Crippen LogP contribution >= 0.6 is 0 Å². The molecular weight excluding hydrogens is 344 g/mol. The van der Waals surface area contributed by atoms with E-state index in [1.165, 1.54) is 0 Å². The monoisotopic (exact) mass is 372 g/mol. The number of methoxy groups -OCH3 is 1. The van der Waals surface area contributed by atoms with E-state index in [2.05, 4.69) is 10.2 Å². The molecule has 0 bridgehead atoms. The van der Waals surface area contributed by atoms with Gasteiger partial charge in [-0.1, -0.05) is 12.1 Å². The van der Waals surface area contributed by atoms with Crippen LogP contribution in [0.25, 0.3) is 11.0 Å². The lowest BCUT2D eigenvalue weighted by molar-refractivity contribution is 0.0211. The molecule has 0 atom stereocenters. The number of furan rings is 1. The van der Waals surface area contributed by atoms with Gasteiger partial charge in [0.15, 0.2) is 17.1 Å². The van der Waals surface area contributed by atoms with Gasteiger partial charge < -0.3 is 24.1 Å². The largest absolute Gasteiger partial charge is 0.493 e. The quantitative estimate of drug-likeness (QED) is 0.874. The van der Waals surface area contributed by atoms with Gasteiger partial charge in [0.2, 0.25) is 0 Å². The highest BCUT2D eigenvalue weighted by atomic mass is 16.5. The number of benzene rings is 1. The van der Waals surface area contributed by atoms with Crippen LogP contribution in [0.3, 0.4) is 0 Å². The van der Waals surface area contributed by atoms with Crippen LogP contribution in [0.4, 0.5) is 0 Å². The van der Waals surface area contributed by atoms with Crippen LogP contribution in [0.1, 0.15) is 36.2 Å². The first-order valence-corrected chi connectivity index (χ1v) is 9.91. The summed E-state index contributed by atoms with van der Waals surface area (Å²) < 4.78 is 16.5. The average Bonchev–Trinajstić information content (AvgIpc) is 3.17. The number of piperidine rings is 1. The van der Waals surface area contributed by atoms with E-state index in [-0.39, 0.29) is 5.91 Å². The zero-order valence-electron chi connectivity index (χ0n) is 15.9. The zero-order valence-corrected chi connectivity index (χ0v) is 15.9. The highest BCUT2D eigenvalue weighted by Crippen LogP contribution is 2.28. The molecule has 2 aromatic rings. The fraction of sp³-hybridized carbons (Fsp3) is 0.571. The number of hydrogen-bond donors (Lipinski definition) is 1. The molecule has 2 saturated heterocycles. The van der Waals surface area contributed by atoms with Crippen molar-refractivity contribution in [3.05, 3.63) is 30.0 Å². The van der Waals surface area contributed by atoms with Crippen molar-refractivity contribution in [1.82, 2.24) is 10.2 Å². The molecule has 1 aromatic carbocycles. The van der Waals surface area contributed by atoms with E-state index in [1.807, 2.05) is 18.2 Å². The lowest BCUT2D eigenvalue weighted by Crippen LogP contribution is -2.45. The molecule has 1 N–H and O–H groups in total. The predicted molar refractivity (Wildman–Crippen MR) is 103 cm³/mol. The van der Waals surface area contributed by atoms with Gasteiger partial charge in [-0.25, -0.2) is 0 Å². The van der Waals surface area contributed by atoms with Gasteiger partial charge in [-0.3, -0.25) is 4.79 Å². The van der Waals surface area contributed by atoms with Crippen molar-refractivity contribution in [1.29, 1.82) is 0 Å². The van der Waals surface area contributed by atoms with Crippen molar-refractivity contribution in [3.8, 4) is 5.75 Å². The summed E-state index contributed by atoms with van der Waals surface area (Å²) in [6, 6.07) is 8.11. The SMILES string of the molecule is COc1cccc2cc(C(=O)NCC3CCN(C4CCOCC4)CC3)oc12. The van der Waals surface area contributed by atoms with E-state index in [0.29, 0.717) is 35.6 Å². The number of amides is 1. The zero-order chi connectivity index (χ0) is 18.6. The Labute approximate surface area is 159 Å². The van der Waals surface area contributed by atoms with Gasteiger partial charge in [0, 0.05) is 31.2 Å².